The summed E-state index contributed by atoms with van der Waals surface area (Å²) in [4.78, 5) is 37.4. The van der Waals surface area contributed by atoms with Crippen LogP contribution in [0.3, 0.4) is 0 Å². The summed E-state index contributed by atoms with van der Waals surface area (Å²) in [5, 5.41) is 3.02. The molecule has 0 radical (unpaired) electrons. The van der Waals surface area contributed by atoms with Gasteiger partial charge in [0.15, 0.2) is 10.9 Å². The largest absolute Gasteiger partial charge is 0.360 e. The summed E-state index contributed by atoms with van der Waals surface area (Å²) >= 11 is 2.65. The first-order valence-corrected chi connectivity index (χ1v) is 15.5. The number of aromatic amines is 1. The van der Waals surface area contributed by atoms with Gasteiger partial charge in [-0.2, -0.15) is 0 Å². The van der Waals surface area contributed by atoms with E-state index in [0.717, 1.165) is 27.6 Å². The van der Waals surface area contributed by atoms with Crippen molar-refractivity contribution in [2.75, 3.05) is 0 Å². The second kappa shape index (κ2) is 11.5. The lowest BCUT2D eigenvalue weighted by molar-refractivity contribution is 0.0991. The highest BCUT2D eigenvalue weighted by atomic mass is 32.2. The van der Waals surface area contributed by atoms with Gasteiger partial charge >= 0.3 is 0 Å². The molecular formula is C35H24FN3O2S2. The Bertz CT molecular complexity index is 2140. The zero-order chi connectivity index (χ0) is 29.3. The Morgan fingerprint density at radius 1 is 0.907 bits per heavy atom. The number of para-hydroxylation sites is 1. The molecule has 8 heteroatoms. The van der Waals surface area contributed by atoms with Crippen molar-refractivity contribution < 1.29 is 9.18 Å². The van der Waals surface area contributed by atoms with Crippen molar-refractivity contribution in [1.29, 1.82) is 0 Å². The SMILES string of the molecule is O=C(c1c[nH]c2ccccc12)[C@@H](Sc1nc2scc(-c3ccc(F)cc3)c2c(=O)n1Cc1ccccc1)c1ccccc1. The summed E-state index contributed by atoms with van der Waals surface area (Å²) in [6.45, 7) is 0.284. The third kappa shape index (κ3) is 5.20. The van der Waals surface area contributed by atoms with E-state index in [1.165, 1.54) is 35.2 Å². The first kappa shape index (κ1) is 27.1. The van der Waals surface area contributed by atoms with Crippen molar-refractivity contribution in [3.05, 3.63) is 154 Å². The number of aromatic nitrogens is 3. The van der Waals surface area contributed by atoms with E-state index in [9.17, 15) is 14.0 Å². The van der Waals surface area contributed by atoms with Crippen LogP contribution < -0.4 is 5.56 Å². The van der Waals surface area contributed by atoms with Crippen LogP contribution in [-0.2, 0) is 6.54 Å². The number of rotatable bonds is 8. The van der Waals surface area contributed by atoms with Gasteiger partial charge in [0.25, 0.3) is 5.56 Å². The van der Waals surface area contributed by atoms with Crippen LogP contribution in [0, 0.1) is 5.82 Å². The van der Waals surface area contributed by atoms with Crippen molar-refractivity contribution in [1.82, 2.24) is 14.5 Å². The quantitative estimate of drug-likeness (QED) is 0.108. The number of thiophene rings is 1. The lowest BCUT2D eigenvalue weighted by atomic mass is 10.0. The van der Waals surface area contributed by atoms with E-state index in [1.54, 1.807) is 22.9 Å². The van der Waals surface area contributed by atoms with Crippen LogP contribution in [-0.4, -0.2) is 20.3 Å². The van der Waals surface area contributed by atoms with Crippen LogP contribution in [0.5, 0.6) is 0 Å². The van der Waals surface area contributed by atoms with Crippen LogP contribution in [0.15, 0.2) is 131 Å². The van der Waals surface area contributed by atoms with Crippen molar-refractivity contribution in [3.63, 3.8) is 0 Å². The molecule has 0 aliphatic carbocycles. The Kier molecular flexibility index (Phi) is 7.22. The molecule has 3 heterocycles. The van der Waals surface area contributed by atoms with E-state index in [-0.39, 0.29) is 23.7 Å². The lowest BCUT2D eigenvalue weighted by Gasteiger charge is -2.19. The van der Waals surface area contributed by atoms with Crippen molar-refractivity contribution in [3.8, 4) is 11.1 Å². The minimum atomic E-state index is -0.650. The van der Waals surface area contributed by atoms with E-state index < -0.39 is 5.25 Å². The average molecular weight is 602 g/mol. The molecule has 0 spiro atoms. The fourth-order valence-corrected chi connectivity index (χ4v) is 7.42. The molecule has 4 aromatic carbocycles. The molecule has 43 heavy (non-hydrogen) atoms. The van der Waals surface area contributed by atoms with Crippen LogP contribution in [0.4, 0.5) is 4.39 Å². The van der Waals surface area contributed by atoms with Crippen molar-refractivity contribution in [2.45, 2.75) is 17.0 Å². The zero-order valence-corrected chi connectivity index (χ0v) is 24.4. The molecule has 0 saturated carbocycles. The van der Waals surface area contributed by atoms with Crippen LogP contribution >= 0.6 is 23.1 Å². The van der Waals surface area contributed by atoms with Crippen LogP contribution in [0.1, 0.15) is 26.7 Å². The number of carbonyl (C=O) groups is 1. The summed E-state index contributed by atoms with van der Waals surface area (Å²) in [6.07, 6.45) is 1.76. The number of carbonyl (C=O) groups excluding carboxylic acids is 1. The molecule has 0 aliphatic heterocycles. The normalized spacial score (nSPS) is 12.1. The minimum absolute atomic E-state index is 0.0764. The predicted molar refractivity (Wildman–Crippen MR) is 172 cm³/mol. The van der Waals surface area contributed by atoms with Gasteiger partial charge in [-0.3, -0.25) is 14.2 Å². The van der Waals surface area contributed by atoms with Gasteiger partial charge in [-0.1, -0.05) is 103 Å². The lowest BCUT2D eigenvalue weighted by Crippen LogP contribution is -2.24. The number of thioether (sulfide) groups is 1. The van der Waals surface area contributed by atoms with Gasteiger partial charge in [-0.05, 0) is 34.9 Å². The number of fused-ring (bicyclic) bond motifs is 2. The maximum Gasteiger partial charge on any atom is 0.263 e. The third-order valence-corrected chi connectivity index (χ3v) is 9.53. The molecule has 210 valence electrons. The highest BCUT2D eigenvalue weighted by Crippen LogP contribution is 2.40. The van der Waals surface area contributed by atoms with E-state index in [4.69, 9.17) is 4.98 Å². The van der Waals surface area contributed by atoms with Gasteiger partial charge in [-0.15, -0.1) is 11.3 Å². The van der Waals surface area contributed by atoms with Gasteiger partial charge in [0.1, 0.15) is 15.9 Å². The molecule has 3 aromatic heterocycles. The monoisotopic (exact) mass is 601 g/mol. The molecule has 0 unspecified atom stereocenters. The number of nitrogens with zero attached hydrogens (tertiary/aromatic N) is 2. The third-order valence-electron chi connectivity index (χ3n) is 7.42. The van der Waals surface area contributed by atoms with Gasteiger partial charge in [0.2, 0.25) is 0 Å². The van der Waals surface area contributed by atoms with Crippen molar-refractivity contribution in [2.24, 2.45) is 0 Å². The summed E-state index contributed by atoms with van der Waals surface area (Å²) in [7, 11) is 0. The Morgan fingerprint density at radius 2 is 1.60 bits per heavy atom. The number of benzene rings is 4. The second-order valence-corrected chi connectivity index (χ2v) is 12.1. The van der Waals surface area contributed by atoms with Crippen LogP contribution in [0.2, 0.25) is 0 Å². The summed E-state index contributed by atoms with van der Waals surface area (Å²) in [5.74, 6) is -0.416. The summed E-state index contributed by atoms with van der Waals surface area (Å²) in [6, 6.07) is 33.2. The molecule has 1 atom stereocenters. The molecule has 7 aromatic rings. The fourth-order valence-electron chi connectivity index (χ4n) is 5.27. The van der Waals surface area contributed by atoms with Gasteiger partial charge in [0, 0.05) is 33.6 Å². The van der Waals surface area contributed by atoms with Gasteiger partial charge < -0.3 is 4.98 Å². The molecule has 0 fully saturated rings. The first-order chi connectivity index (χ1) is 21.1. The maximum absolute atomic E-state index is 14.3. The Hall–Kier alpha value is -4.79. The summed E-state index contributed by atoms with van der Waals surface area (Å²) in [5.41, 5.74) is 4.48. The first-order valence-electron chi connectivity index (χ1n) is 13.7. The zero-order valence-electron chi connectivity index (χ0n) is 22.7. The smallest absolute Gasteiger partial charge is 0.263 e. The minimum Gasteiger partial charge on any atom is -0.360 e. The topological polar surface area (TPSA) is 67.8 Å². The molecule has 0 amide bonds. The van der Waals surface area contributed by atoms with E-state index in [2.05, 4.69) is 4.98 Å². The van der Waals surface area contributed by atoms with E-state index in [1.807, 2.05) is 90.3 Å². The number of halogens is 1. The summed E-state index contributed by atoms with van der Waals surface area (Å²) < 4.78 is 15.3. The average Bonchev–Trinajstić information content (AvgIpc) is 3.67. The number of H-pyrrole nitrogens is 1. The van der Waals surface area contributed by atoms with E-state index in [0.29, 0.717) is 26.5 Å². The number of hydrogen-bond donors (Lipinski definition) is 1. The highest BCUT2D eigenvalue weighted by Gasteiger charge is 2.28. The molecule has 0 saturated heterocycles. The number of nitrogens with one attached hydrogen (secondary N) is 1. The molecule has 5 nitrogen and oxygen atoms in total. The molecular weight excluding hydrogens is 578 g/mol. The van der Waals surface area contributed by atoms with Gasteiger partial charge in [-0.25, -0.2) is 9.37 Å². The van der Waals surface area contributed by atoms with Crippen LogP contribution in [0.25, 0.3) is 32.2 Å². The fraction of sp³-hybridized carbons (Fsp3) is 0.0571. The molecule has 0 aliphatic rings. The Balaban J connectivity index is 1.39. The highest BCUT2D eigenvalue weighted by molar-refractivity contribution is 8.00. The number of Topliss-reactive ketones (excluding diaryl/α,β-unsaturated/α-hetero) is 1. The molecule has 0 bridgehead atoms. The standard InChI is InChI=1S/C35H24FN3O2S2/c36-25-17-15-23(16-18-25)28-21-42-33-30(28)34(41)39(20-22-9-3-1-4-10-22)35(38-33)43-32(24-11-5-2-6-12-24)31(40)27-19-37-29-14-8-7-13-26(27)29/h1-19,21,32,37H,20H2/t32-/m0/s1. The van der Waals surface area contributed by atoms with Crippen molar-refractivity contribution >= 4 is 50.0 Å². The second-order valence-electron chi connectivity index (χ2n) is 10.1. The molecule has 1 N–H and O–H groups in total. The number of hydrogen-bond acceptors (Lipinski definition) is 5. The Morgan fingerprint density at radius 3 is 2.37 bits per heavy atom. The van der Waals surface area contributed by atoms with Gasteiger partial charge in [0.05, 0.1) is 11.9 Å². The molecule has 7 rings (SSSR count). The maximum atomic E-state index is 14.3. The number of ketones is 1. The predicted octanol–water partition coefficient (Wildman–Crippen LogP) is 8.51. The van der Waals surface area contributed by atoms with E-state index >= 15 is 0 Å². The Labute approximate surface area is 254 Å².